The molecule has 1 amide bonds. The van der Waals surface area contributed by atoms with E-state index in [9.17, 15) is 14.4 Å². The van der Waals surface area contributed by atoms with E-state index in [1.54, 1.807) is 18.2 Å². The van der Waals surface area contributed by atoms with Crippen molar-refractivity contribution < 1.29 is 14.7 Å². The average Bonchev–Trinajstić information content (AvgIpc) is 2.49. The number of aromatic nitrogens is 2. The molecule has 0 aliphatic heterocycles. The van der Waals surface area contributed by atoms with Crippen molar-refractivity contribution in [2.24, 2.45) is 5.92 Å². The van der Waals surface area contributed by atoms with Gasteiger partial charge in [-0.2, -0.15) is 0 Å². The summed E-state index contributed by atoms with van der Waals surface area (Å²) in [5.74, 6) is -1.51. The van der Waals surface area contributed by atoms with Crippen molar-refractivity contribution in [1.82, 2.24) is 14.9 Å². The highest BCUT2D eigenvalue weighted by atomic mass is 79.9. The molecule has 2 rings (SSSR count). The van der Waals surface area contributed by atoms with Gasteiger partial charge in [0.25, 0.3) is 5.56 Å². The Morgan fingerprint density at radius 3 is 2.71 bits per heavy atom. The molecular formula is C16H18BrN3O4. The zero-order chi connectivity index (χ0) is 17.9. The number of halogens is 1. The molecule has 1 aromatic carbocycles. The van der Waals surface area contributed by atoms with Gasteiger partial charge in [0.1, 0.15) is 12.6 Å². The van der Waals surface area contributed by atoms with Gasteiger partial charge in [-0.05, 0) is 30.5 Å². The molecule has 2 aromatic rings. The van der Waals surface area contributed by atoms with E-state index >= 15 is 0 Å². The third kappa shape index (κ3) is 4.41. The van der Waals surface area contributed by atoms with E-state index in [1.165, 1.54) is 10.9 Å². The standard InChI is InChI=1S/C16H18BrN3O4/c1-9(2)5-13(16(23)24)19-14(21)7-20-8-18-12-4-3-10(17)6-11(12)15(20)22/h3-4,6,8-9,13H,5,7H2,1-2H3,(H,19,21)(H,23,24)/t13-/m1/s1. The van der Waals surface area contributed by atoms with Gasteiger partial charge < -0.3 is 10.4 Å². The number of rotatable bonds is 6. The molecule has 0 aliphatic rings. The number of hydrogen-bond donors (Lipinski definition) is 2. The van der Waals surface area contributed by atoms with Crippen LogP contribution in [0.4, 0.5) is 0 Å². The molecule has 0 aliphatic carbocycles. The van der Waals surface area contributed by atoms with Gasteiger partial charge in [-0.3, -0.25) is 14.2 Å². The molecule has 8 heteroatoms. The van der Waals surface area contributed by atoms with E-state index in [0.717, 1.165) is 4.47 Å². The molecule has 7 nitrogen and oxygen atoms in total. The van der Waals surface area contributed by atoms with Crippen LogP contribution in [0.2, 0.25) is 0 Å². The SMILES string of the molecule is CC(C)C[C@@H](NC(=O)Cn1cnc2ccc(Br)cc2c1=O)C(=O)O. The highest BCUT2D eigenvalue weighted by molar-refractivity contribution is 9.10. The fourth-order valence-electron chi connectivity index (χ4n) is 2.33. The van der Waals surface area contributed by atoms with Crippen LogP contribution in [0.3, 0.4) is 0 Å². The molecule has 0 unspecified atom stereocenters. The Labute approximate surface area is 146 Å². The molecule has 0 spiro atoms. The second-order valence-corrected chi connectivity index (χ2v) is 6.84. The normalized spacial score (nSPS) is 12.3. The summed E-state index contributed by atoms with van der Waals surface area (Å²) in [6.45, 7) is 3.46. The minimum atomic E-state index is -1.09. The Kier molecular flexibility index (Phi) is 5.71. The number of carboxylic acids is 1. The Hall–Kier alpha value is -2.22. The lowest BCUT2D eigenvalue weighted by Gasteiger charge is -2.16. The molecular weight excluding hydrogens is 378 g/mol. The zero-order valence-corrected chi connectivity index (χ0v) is 14.9. The van der Waals surface area contributed by atoms with E-state index in [0.29, 0.717) is 17.3 Å². The summed E-state index contributed by atoms with van der Waals surface area (Å²) in [5.41, 5.74) is 0.176. The van der Waals surface area contributed by atoms with Crippen LogP contribution < -0.4 is 10.9 Å². The first-order valence-electron chi connectivity index (χ1n) is 7.44. The Bertz CT molecular complexity index is 832. The number of fused-ring (bicyclic) bond motifs is 1. The van der Waals surface area contributed by atoms with Gasteiger partial charge in [-0.25, -0.2) is 9.78 Å². The van der Waals surface area contributed by atoms with Crippen LogP contribution in [0.15, 0.2) is 33.8 Å². The van der Waals surface area contributed by atoms with Gasteiger partial charge in [0, 0.05) is 4.47 Å². The van der Waals surface area contributed by atoms with Crippen LogP contribution >= 0.6 is 15.9 Å². The number of nitrogens with one attached hydrogen (secondary N) is 1. The lowest BCUT2D eigenvalue weighted by Crippen LogP contribution is -2.44. The van der Waals surface area contributed by atoms with E-state index in [4.69, 9.17) is 5.11 Å². The van der Waals surface area contributed by atoms with Crippen molar-refractivity contribution in [2.45, 2.75) is 32.9 Å². The molecule has 128 valence electrons. The predicted molar refractivity (Wildman–Crippen MR) is 92.7 cm³/mol. The maximum atomic E-state index is 12.4. The number of hydrogen-bond acceptors (Lipinski definition) is 4. The number of aliphatic carboxylic acids is 1. The predicted octanol–water partition coefficient (Wildman–Crippen LogP) is 1.77. The van der Waals surface area contributed by atoms with Gasteiger partial charge in [0.05, 0.1) is 17.2 Å². The van der Waals surface area contributed by atoms with E-state index in [-0.39, 0.29) is 18.0 Å². The van der Waals surface area contributed by atoms with Gasteiger partial charge in [-0.1, -0.05) is 29.8 Å². The molecule has 0 fully saturated rings. The maximum Gasteiger partial charge on any atom is 0.326 e. The summed E-state index contributed by atoms with van der Waals surface area (Å²) in [6, 6.07) is 4.14. The number of nitrogens with zero attached hydrogens (tertiary/aromatic N) is 2. The zero-order valence-electron chi connectivity index (χ0n) is 13.3. The monoisotopic (exact) mass is 395 g/mol. The molecule has 0 saturated carbocycles. The lowest BCUT2D eigenvalue weighted by molar-refractivity contribution is -0.142. The average molecular weight is 396 g/mol. The Balaban J connectivity index is 2.19. The number of carbonyl (C=O) groups excluding carboxylic acids is 1. The summed E-state index contributed by atoms with van der Waals surface area (Å²) in [7, 11) is 0. The number of carboxylic acid groups (broad SMARTS) is 1. The fourth-order valence-corrected chi connectivity index (χ4v) is 2.69. The van der Waals surface area contributed by atoms with Crippen LogP contribution in [0.25, 0.3) is 10.9 Å². The van der Waals surface area contributed by atoms with E-state index < -0.39 is 17.9 Å². The largest absolute Gasteiger partial charge is 0.480 e. The molecule has 24 heavy (non-hydrogen) atoms. The van der Waals surface area contributed by atoms with Crippen LogP contribution in [0.5, 0.6) is 0 Å². The van der Waals surface area contributed by atoms with E-state index in [2.05, 4.69) is 26.2 Å². The molecule has 1 heterocycles. The molecule has 0 bridgehead atoms. The lowest BCUT2D eigenvalue weighted by atomic mass is 10.0. The third-order valence-corrected chi connectivity index (χ3v) is 3.93. The number of carbonyl (C=O) groups is 2. The summed E-state index contributed by atoms with van der Waals surface area (Å²) in [6.07, 6.45) is 1.61. The van der Waals surface area contributed by atoms with Crippen LogP contribution in [0, 0.1) is 5.92 Å². The minimum absolute atomic E-state index is 0.119. The van der Waals surface area contributed by atoms with E-state index in [1.807, 2.05) is 13.8 Å². The summed E-state index contributed by atoms with van der Waals surface area (Å²) < 4.78 is 1.90. The highest BCUT2D eigenvalue weighted by Gasteiger charge is 2.21. The van der Waals surface area contributed by atoms with Gasteiger partial charge >= 0.3 is 5.97 Å². The Morgan fingerprint density at radius 1 is 1.38 bits per heavy atom. The summed E-state index contributed by atoms with van der Waals surface area (Å²) in [5, 5.41) is 12.0. The molecule has 0 radical (unpaired) electrons. The second-order valence-electron chi connectivity index (χ2n) is 5.93. The smallest absolute Gasteiger partial charge is 0.326 e. The van der Waals surface area contributed by atoms with Gasteiger partial charge in [0.15, 0.2) is 0 Å². The second kappa shape index (κ2) is 7.57. The van der Waals surface area contributed by atoms with Crippen molar-refractivity contribution >= 4 is 38.7 Å². The topological polar surface area (TPSA) is 101 Å². The van der Waals surface area contributed by atoms with Crippen molar-refractivity contribution in [3.63, 3.8) is 0 Å². The van der Waals surface area contributed by atoms with Crippen molar-refractivity contribution in [1.29, 1.82) is 0 Å². The highest BCUT2D eigenvalue weighted by Crippen LogP contribution is 2.14. The third-order valence-electron chi connectivity index (χ3n) is 3.44. The first kappa shape index (κ1) is 18.1. The van der Waals surface area contributed by atoms with Crippen LogP contribution in [-0.2, 0) is 16.1 Å². The maximum absolute atomic E-state index is 12.4. The number of amides is 1. The molecule has 1 atom stereocenters. The molecule has 1 aromatic heterocycles. The molecule has 2 N–H and O–H groups in total. The first-order valence-corrected chi connectivity index (χ1v) is 8.24. The van der Waals surface area contributed by atoms with Gasteiger partial charge in [0.2, 0.25) is 5.91 Å². The van der Waals surface area contributed by atoms with Crippen LogP contribution in [0.1, 0.15) is 20.3 Å². The van der Waals surface area contributed by atoms with Crippen LogP contribution in [-0.4, -0.2) is 32.6 Å². The molecule has 0 saturated heterocycles. The van der Waals surface area contributed by atoms with Crippen molar-refractivity contribution in [3.8, 4) is 0 Å². The van der Waals surface area contributed by atoms with Gasteiger partial charge in [-0.15, -0.1) is 0 Å². The summed E-state index contributed by atoms with van der Waals surface area (Å²) in [4.78, 5) is 39.9. The fraction of sp³-hybridized carbons (Fsp3) is 0.375. The first-order chi connectivity index (χ1) is 11.3. The van der Waals surface area contributed by atoms with Crippen molar-refractivity contribution in [2.75, 3.05) is 0 Å². The summed E-state index contributed by atoms with van der Waals surface area (Å²) >= 11 is 3.29. The number of benzene rings is 1. The quantitative estimate of drug-likeness (QED) is 0.775. The van der Waals surface area contributed by atoms with Crippen molar-refractivity contribution in [3.05, 3.63) is 39.4 Å². The Morgan fingerprint density at radius 2 is 2.08 bits per heavy atom. The minimum Gasteiger partial charge on any atom is -0.480 e.